The van der Waals surface area contributed by atoms with Crippen LogP contribution >= 0.6 is 24.0 Å². The second-order valence-electron chi connectivity index (χ2n) is 6.79. The van der Waals surface area contributed by atoms with Gasteiger partial charge in [-0.15, -0.1) is 24.0 Å². The Labute approximate surface area is 189 Å². The van der Waals surface area contributed by atoms with Crippen LogP contribution in [0.3, 0.4) is 0 Å². The standard InChI is InChI=1S/C22H27N5O.HI/c1-17(2)28-20-10-8-19(9-11-20)26-22(23)25-16-21-24-13-15-27(21)14-12-18-6-4-3-5-7-18;/h3-11,13,15,17H,12,14,16H2,1-2H3,(H3,23,25,26);1H. The van der Waals surface area contributed by atoms with Crippen molar-refractivity contribution in [1.82, 2.24) is 9.55 Å². The van der Waals surface area contributed by atoms with Crippen molar-refractivity contribution >= 4 is 35.6 Å². The number of ether oxygens (including phenoxy) is 1. The molecule has 1 aromatic heterocycles. The van der Waals surface area contributed by atoms with Crippen LogP contribution in [-0.4, -0.2) is 21.6 Å². The molecule has 3 aromatic rings. The molecular weight excluding hydrogens is 477 g/mol. The average Bonchev–Trinajstić information content (AvgIpc) is 3.14. The number of aliphatic imine (C=N–C) groups is 1. The molecule has 3 N–H and O–H groups in total. The Balaban J connectivity index is 0.00000300. The molecule has 0 aliphatic rings. The zero-order valence-corrected chi connectivity index (χ0v) is 19.1. The van der Waals surface area contributed by atoms with Crippen molar-refractivity contribution in [3.8, 4) is 5.75 Å². The van der Waals surface area contributed by atoms with Gasteiger partial charge in [0.05, 0.1) is 6.10 Å². The molecule has 6 nitrogen and oxygen atoms in total. The van der Waals surface area contributed by atoms with Crippen LogP contribution in [0.2, 0.25) is 0 Å². The topological polar surface area (TPSA) is 77.5 Å². The van der Waals surface area contributed by atoms with Crippen LogP contribution in [0.5, 0.6) is 5.75 Å². The molecule has 0 aliphatic heterocycles. The molecule has 0 spiro atoms. The maximum atomic E-state index is 6.03. The third-order valence-electron chi connectivity index (χ3n) is 4.18. The number of imidazole rings is 1. The molecule has 7 heteroatoms. The van der Waals surface area contributed by atoms with E-state index in [4.69, 9.17) is 10.5 Å². The zero-order valence-electron chi connectivity index (χ0n) is 16.8. The van der Waals surface area contributed by atoms with Gasteiger partial charge in [0.25, 0.3) is 0 Å². The van der Waals surface area contributed by atoms with E-state index in [0.29, 0.717) is 12.5 Å². The maximum Gasteiger partial charge on any atom is 0.193 e. The van der Waals surface area contributed by atoms with Crippen LogP contribution in [0.15, 0.2) is 72.0 Å². The van der Waals surface area contributed by atoms with E-state index in [-0.39, 0.29) is 30.1 Å². The van der Waals surface area contributed by atoms with Crippen molar-refractivity contribution in [3.05, 3.63) is 78.4 Å². The predicted molar refractivity (Wildman–Crippen MR) is 129 cm³/mol. The minimum Gasteiger partial charge on any atom is -0.491 e. The number of aryl methyl sites for hydroxylation is 2. The van der Waals surface area contributed by atoms with E-state index < -0.39 is 0 Å². The van der Waals surface area contributed by atoms with Gasteiger partial charge in [0, 0.05) is 24.6 Å². The summed E-state index contributed by atoms with van der Waals surface area (Å²) in [6.07, 6.45) is 4.88. The molecule has 3 rings (SSSR count). The summed E-state index contributed by atoms with van der Waals surface area (Å²) in [6, 6.07) is 18.1. The van der Waals surface area contributed by atoms with Gasteiger partial charge in [0.1, 0.15) is 18.1 Å². The van der Waals surface area contributed by atoms with Gasteiger partial charge in [0.15, 0.2) is 5.96 Å². The summed E-state index contributed by atoms with van der Waals surface area (Å²) in [5, 5.41) is 3.10. The van der Waals surface area contributed by atoms with Gasteiger partial charge in [-0.3, -0.25) is 0 Å². The van der Waals surface area contributed by atoms with Crippen molar-refractivity contribution in [1.29, 1.82) is 0 Å². The molecule has 2 aromatic carbocycles. The Kier molecular flexibility index (Phi) is 8.98. The van der Waals surface area contributed by atoms with Gasteiger partial charge < -0.3 is 20.4 Å². The number of rotatable bonds is 8. The Morgan fingerprint density at radius 1 is 1.14 bits per heavy atom. The number of aromatic nitrogens is 2. The van der Waals surface area contributed by atoms with Gasteiger partial charge >= 0.3 is 0 Å². The van der Waals surface area contributed by atoms with Crippen LogP contribution in [-0.2, 0) is 19.5 Å². The van der Waals surface area contributed by atoms with Crippen LogP contribution in [0.4, 0.5) is 5.69 Å². The largest absolute Gasteiger partial charge is 0.491 e. The minimum atomic E-state index is 0. The van der Waals surface area contributed by atoms with E-state index in [1.165, 1.54) is 5.56 Å². The molecule has 1 heterocycles. The molecule has 0 bridgehead atoms. The summed E-state index contributed by atoms with van der Waals surface area (Å²) < 4.78 is 7.75. The van der Waals surface area contributed by atoms with Crippen molar-refractivity contribution in [2.75, 3.05) is 5.32 Å². The number of hydrogen-bond acceptors (Lipinski definition) is 3. The fraction of sp³-hybridized carbons (Fsp3) is 0.273. The highest BCUT2D eigenvalue weighted by molar-refractivity contribution is 14.0. The van der Waals surface area contributed by atoms with E-state index in [2.05, 4.69) is 44.1 Å². The number of nitrogens with two attached hydrogens (primary N) is 1. The Morgan fingerprint density at radius 2 is 1.86 bits per heavy atom. The summed E-state index contributed by atoms with van der Waals surface area (Å²) in [5.41, 5.74) is 8.19. The lowest BCUT2D eigenvalue weighted by atomic mass is 10.1. The number of hydrogen-bond donors (Lipinski definition) is 2. The molecule has 0 saturated carbocycles. The fourth-order valence-corrected chi connectivity index (χ4v) is 2.82. The molecule has 0 aliphatic carbocycles. The van der Waals surface area contributed by atoms with E-state index in [1.807, 2.05) is 50.4 Å². The summed E-state index contributed by atoms with van der Waals surface area (Å²) in [5.74, 6) is 2.08. The van der Waals surface area contributed by atoms with E-state index in [0.717, 1.165) is 30.2 Å². The van der Waals surface area contributed by atoms with Crippen LogP contribution in [0.25, 0.3) is 0 Å². The van der Waals surface area contributed by atoms with Crippen LogP contribution in [0.1, 0.15) is 25.2 Å². The predicted octanol–water partition coefficient (Wildman–Crippen LogP) is 4.46. The second kappa shape index (κ2) is 11.5. The first kappa shape index (κ1) is 22.7. The minimum absolute atomic E-state index is 0. The van der Waals surface area contributed by atoms with Crippen LogP contribution in [0, 0.1) is 0 Å². The highest BCUT2D eigenvalue weighted by Gasteiger charge is 2.04. The lowest BCUT2D eigenvalue weighted by Gasteiger charge is -2.11. The van der Waals surface area contributed by atoms with Gasteiger partial charge in [-0.1, -0.05) is 30.3 Å². The third kappa shape index (κ3) is 7.41. The zero-order chi connectivity index (χ0) is 19.8. The first-order valence-electron chi connectivity index (χ1n) is 9.48. The number of nitrogens with zero attached hydrogens (tertiary/aromatic N) is 3. The van der Waals surface area contributed by atoms with Crippen molar-refractivity contribution in [3.63, 3.8) is 0 Å². The SMILES string of the molecule is CC(C)Oc1ccc(NC(N)=NCc2nccn2CCc2ccccc2)cc1.I. The quantitative estimate of drug-likeness (QED) is 0.269. The molecule has 0 fully saturated rings. The summed E-state index contributed by atoms with van der Waals surface area (Å²) in [6.45, 7) is 5.29. The number of halogens is 1. The highest BCUT2D eigenvalue weighted by Crippen LogP contribution is 2.16. The van der Waals surface area contributed by atoms with Crippen molar-refractivity contribution in [2.24, 2.45) is 10.7 Å². The lowest BCUT2D eigenvalue weighted by Crippen LogP contribution is -2.23. The smallest absolute Gasteiger partial charge is 0.193 e. The maximum absolute atomic E-state index is 6.03. The molecule has 0 atom stereocenters. The monoisotopic (exact) mass is 505 g/mol. The molecule has 154 valence electrons. The number of anilines is 1. The molecule has 0 radical (unpaired) electrons. The number of benzene rings is 2. The van der Waals surface area contributed by atoms with Gasteiger partial charge in [-0.25, -0.2) is 9.98 Å². The third-order valence-corrected chi connectivity index (χ3v) is 4.18. The average molecular weight is 505 g/mol. The Hall–Kier alpha value is -2.55. The van der Waals surface area contributed by atoms with E-state index >= 15 is 0 Å². The van der Waals surface area contributed by atoms with Crippen molar-refractivity contribution < 1.29 is 4.74 Å². The molecule has 0 amide bonds. The van der Waals surface area contributed by atoms with Gasteiger partial charge in [-0.2, -0.15) is 0 Å². The second-order valence-corrected chi connectivity index (χ2v) is 6.79. The summed E-state index contributed by atoms with van der Waals surface area (Å²) >= 11 is 0. The number of guanidine groups is 1. The van der Waals surface area contributed by atoms with Gasteiger partial charge in [0.2, 0.25) is 0 Å². The van der Waals surface area contributed by atoms with Gasteiger partial charge in [-0.05, 0) is 50.1 Å². The Bertz CT molecular complexity index is 891. The molecule has 0 saturated heterocycles. The lowest BCUT2D eigenvalue weighted by molar-refractivity contribution is 0.242. The molecule has 0 unspecified atom stereocenters. The normalized spacial score (nSPS) is 11.2. The van der Waals surface area contributed by atoms with E-state index in [1.54, 1.807) is 6.20 Å². The Morgan fingerprint density at radius 3 is 2.55 bits per heavy atom. The first-order chi connectivity index (χ1) is 13.6. The fourth-order valence-electron chi connectivity index (χ4n) is 2.82. The molecular formula is C22H28IN5O. The highest BCUT2D eigenvalue weighted by atomic mass is 127. The summed E-state index contributed by atoms with van der Waals surface area (Å²) in [4.78, 5) is 8.82. The number of nitrogens with one attached hydrogen (secondary N) is 1. The molecule has 29 heavy (non-hydrogen) atoms. The van der Waals surface area contributed by atoms with Crippen LogP contribution < -0.4 is 15.8 Å². The van der Waals surface area contributed by atoms with Crippen molar-refractivity contribution in [2.45, 2.75) is 39.5 Å². The van der Waals surface area contributed by atoms with E-state index in [9.17, 15) is 0 Å². The summed E-state index contributed by atoms with van der Waals surface area (Å²) in [7, 11) is 0. The first-order valence-corrected chi connectivity index (χ1v) is 9.48.